The summed E-state index contributed by atoms with van der Waals surface area (Å²) in [4.78, 5) is 25.6. The molecule has 6 heteroatoms. The summed E-state index contributed by atoms with van der Waals surface area (Å²) in [7, 11) is 0. The molecular formula is C15H19ClN2O3. The van der Waals surface area contributed by atoms with Crippen molar-refractivity contribution in [3.05, 3.63) is 34.9 Å². The zero-order valence-corrected chi connectivity index (χ0v) is 12.6. The van der Waals surface area contributed by atoms with Crippen molar-refractivity contribution < 1.29 is 14.7 Å². The fourth-order valence-corrected chi connectivity index (χ4v) is 2.43. The van der Waals surface area contributed by atoms with Crippen molar-refractivity contribution in [1.29, 1.82) is 0 Å². The number of benzene rings is 1. The second-order valence-electron chi connectivity index (χ2n) is 5.45. The van der Waals surface area contributed by atoms with Crippen LogP contribution in [-0.4, -0.2) is 47.6 Å². The molecule has 0 bridgehead atoms. The first kappa shape index (κ1) is 15.9. The van der Waals surface area contributed by atoms with Crippen LogP contribution in [0.3, 0.4) is 0 Å². The Labute approximate surface area is 128 Å². The second kappa shape index (κ2) is 7.02. The minimum Gasteiger partial charge on any atom is -0.392 e. The van der Waals surface area contributed by atoms with Crippen LogP contribution in [0.25, 0.3) is 0 Å². The molecule has 2 rings (SSSR count). The number of aliphatic hydroxyl groups excluding tert-OH is 1. The van der Waals surface area contributed by atoms with Crippen LogP contribution in [0.2, 0.25) is 5.02 Å². The van der Waals surface area contributed by atoms with Gasteiger partial charge in [0, 0.05) is 17.1 Å². The highest BCUT2D eigenvalue weighted by Crippen LogP contribution is 2.16. The van der Waals surface area contributed by atoms with Gasteiger partial charge in [0.15, 0.2) is 0 Å². The first-order valence-corrected chi connectivity index (χ1v) is 7.33. The number of nitrogens with one attached hydrogen (secondary N) is 1. The van der Waals surface area contributed by atoms with Gasteiger partial charge in [-0.05, 0) is 43.1 Å². The van der Waals surface area contributed by atoms with E-state index in [0.717, 1.165) is 13.0 Å². The van der Waals surface area contributed by atoms with Crippen molar-refractivity contribution >= 4 is 23.4 Å². The van der Waals surface area contributed by atoms with Crippen LogP contribution in [0.15, 0.2) is 24.3 Å². The molecule has 1 saturated heterocycles. The molecule has 0 aromatic heterocycles. The maximum atomic E-state index is 11.9. The number of imide groups is 1. The fourth-order valence-electron chi connectivity index (χ4n) is 2.30. The molecule has 5 nitrogen and oxygen atoms in total. The smallest absolute Gasteiger partial charge is 0.257 e. The molecule has 2 atom stereocenters. The number of carbonyl (C=O) groups is 2. The van der Waals surface area contributed by atoms with Crippen LogP contribution in [0.4, 0.5) is 0 Å². The lowest BCUT2D eigenvalue weighted by Gasteiger charge is -2.33. The highest BCUT2D eigenvalue weighted by molar-refractivity contribution is 6.30. The Morgan fingerprint density at radius 3 is 2.67 bits per heavy atom. The summed E-state index contributed by atoms with van der Waals surface area (Å²) in [5, 5.41) is 12.7. The van der Waals surface area contributed by atoms with Crippen molar-refractivity contribution in [1.82, 2.24) is 10.2 Å². The van der Waals surface area contributed by atoms with Crippen molar-refractivity contribution in [2.24, 2.45) is 5.92 Å². The summed E-state index contributed by atoms with van der Waals surface area (Å²) in [6, 6.07) is 6.33. The predicted octanol–water partition coefficient (Wildman–Crippen LogP) is 1.30. The van der Waals surface area contributed by atoms with Gasteiger partial charge >= 0.3 is 0 Å². The van der Waals surface area contributed by atoms with Crippen LogP contribution in [0.5, 0.6) is 0 Å². The zero-order chi connectivity index (χ0) is 15.4. The summed E-state index contributed by atoms with van der Waals surface area (Å²) in [6.07, 6.45) is 0.429. The summed E-state index contributed by atoms with van der Waals surface area (Å²) in [5.41, 5.74) is 0.389. The Hall–Kier alpha value is -1.43. The third-order valence-corrected chi connectivity index (χ3v) is 3.98. The lowest BCUT2D eigenvalue weighted by Crippen LogP contribution is -2.47. The third kappa shape index (κ3) is 4.52. The maximum Gasteiger partial charge on any atom is 0.257 e. The number of halogens is 1. The van der Waals surface area contributed by atoms with Crippen LogP contribution < -0.4 is 5.32 Å². The number of carbonyl (C=O) groups excluding carboxylic acids is 2. The Morgan fingerprint density at radius 1 is 1.38 bits per heavy atom. The first-order chi connectivity index (χ1) is 9.95. The summed E-state index contributed by atoms with van der Waals surface area (Å²) < 4.78 is 0. The van der Waals surface area contributed by atoms with E-state index in [4.69, 9.17) is 11.6 Å². The van der Waals surface area contributed by atoms with Gasteiger partial charge in [-0.1, -0.05) is 18.5 Å². The molecule has 1 aliphatic rings. The fraction of sp³-hybridized carbons (Fsp3) is 0.467. The maximum absolute atomic E-state index is 11.9. The van der Waals surface area contributed by atoms with Gasteiger partial charge in [0.2, 0.25) is 5.91 Å². The predicted molar refractivity (Wildman–Crippen MR) is 80.2 cm³/mol. The number of piperidine rings is 1. The number of likely N-dealkylation sites (tertiary alicyclic amines) is 1. The van der Waals surface area contributed by atoms with Gasteiger partial charge in [0.1, 0.15) is 0 Å². The van der Waals surface area contributed by atoms with E-state index in [1.165, 1.54) is 0 Å². The van der Waals surface area contributed by atoms with E-state index in [0.29, 0.717) is 17.1 Å². The standard InChI is InChI=1S/C15H19ClN2O3/c1-10-6-7-18(8-13(10)19)9-14(20)17-15(21)11-2-4-12(16)5-3-11/h2-5,10,13,19H,6-9H2,1H3,(H,17,20,21). The van der Waals surface area contributed by atoms with Crippen molar-refractivity contribution in [3.63, 3.8) is 0 Å². The van der Waals surface area contributed by atoms with Crippen molar-refractivity contribution in [2.75, 3.05) is 19.6 Å². The highest BCUT2D eigenvalue weighted by atomic mass is 35.5. The molecule has 2 amide bonds. The van der Waals surface area contributed by atoms with Crippen LogP contribution in [0, 0.1) is 5.92 Å². The molecule has 2 N–H and O–H groups in total. The molecule has 1 fully saturated rings. The molecule has 0 saturated carbocycles. The number of nitrogens with zero attached hydrogens (tertiary/aromatic N) is 1. The number of hydrogen-bond donors (Lipinski definition) is 2. The van der Waals surface area contributed by atoms with E-state index in [9.17, 15) is 14.7 Å². The van der Waals surface area contributed by atoms with Gasteiger partial charge in [-0.25, -0.2) is 0 Å². The van der Waals surface area contributed by atoms with Gasteiger partial charge < -0.3 is 5.11 Å². The Kier molecular flexibility index (Phi) is 5.33. The molecule has 2 unspecified atom stereocenters. The van der Waals surface area contributed by atoms with Crippen molar-refractivity contribution in [3.8, 4) is 0 Å². The van der Waals surface area contributed by atoms with E-state index in [2.05, 4.69) is 5.32 Å². The molecule has 1 aromatic rings. The number of aliphatic hydroxyl groups is 1. The quantitative estimate of drug-likeness (QED) is 0.883. The van der Waals surface area contributed by atoms with Gasteiger partial charge in [0.25, 0.3) is 5.91 Å². The molecule has 1 heterocycles. The van der Waals surface area contributed by atoms with E-state index < -0.39 is 12.0 Å². The summed E-state index contributed by atoms with van der Waals surface area (Å²) in [6.45, 7) is 3.32. The average molecular weight is 311 g/mol. The summed E-state index contributed by atoms with van der Waals surface area (Å²) >= 11 is 5.75. The van der Waals surface area contributed by atoms with Crippen LogP contribution >= 0.6 is 11.6 Å². The Balaban J connectivity index is 1.84. The molecule has 1 aromatic carbocycles. The topological polar surface area (TPSA) is 69.6 Å². The van der Waals surface area contributed by atoms with Gasteiger partial charge in [-0.2, -0.15) is 0 Å². The molecule has 0 radical (unpaired) electrons. The Morgan fingerprint density at radius 2 is 2.05 bits per heavy atom. The van der Waals surface area contributed by atoms with E-state index in [1.54, 1.807) is 24.3 Å². The third-order valence-electron chi connectivity index (χ3n) is 3.73. The zero-order valence-electron chi connectivity index (χ0n) is 11.9. The van der Waals surface area contributed by atoms with Gasteiger partial charge in [0.05, 0.1) is 12.6 Å². The van der Waals surface area contributed by atoms with E-state index in [-0.39, 0.29) is 18.4 Å². The minimum atomic E-state index is -0.442. The number of amides is 2. The van der Waals surface area contributed by atoms with E-state index in [1.807, 2.05) is 11.8 Å². The molecule has 1 aliphatic heterocycles. The number of β-amino-alcohol motifs (C(OH)–C–C–N with tert-alkyl or cyclic N) is 1. The normalized spacial score (nSPS) is 22.8. The SMILES string of the molecule is CC1CCN(CC(=O)NC(=O)c2ccc(Cl)cc2)CC1O. The highest BCUT2D eigenvalue weighted by Gasteiger charge is 2.25. The molecule has 0 spiro atoms. The molecule has 21 heavy (non-hydrogen) atoms. The molecule has 114 valence electrons. The van der Waals surface area contributed by atoms with Crippen molar-refractivity contribution in [2.45, 2.75) is 19.4 Å². The van der Waals surface area contributed by atoms with Gasteiger partial charge in [-0.3, -0.25) is 19.8 Å². The van der Waals surface area contributed by atoms with Crippen LogP contribution in [0.1, 0.15) is 23.7 Å². The summed E-state index contributed by atoms with van der Waals surface area (Å²) in [5.74, 6) is -0.556. The number of hydrogen-bond acceptors (Lipinski definition) is 4. The van der Waals surface area contributed by atoms with E-state index >= 15 is 0 Å². The lowest BCUT2D eigenvalue weighted by molar-refractivity contribution is -0.122. The largest absolute Gasteiger partial charge is 0.392 e. The second-order valence-corrected chi connectivity index (χ2v) is 5.89. The first-order valence-electron chi connectivity index (χ1n) is 6.96. The average Bonchev–Trinajstić information content (AvgIpc) is 2.43. The van der Waals surface area contributed by atoms with Crippen LogP contribution in [-0.2, 0) is 4.79 Å². The molecule has 0 aliphatic carbocycles. The monoisotopic (exact) mass is 310 g/mol. The lowest BCUT2D eigenvalue weighted by atomic mass is 9.96. The minimum absolute atomic E-state index is 0.114. The Bertz CT molecular complexity index is 518. The number of rotatable bonds is 3. The van der Waals surface area contributed by atoms with Gasteiger partial charge in [-0.15, -0.1) is 0 Å². The molecular weight excluding hydrogens is 292 g/mol.